The largest absolute Gasteiger partial charge is 0.408 e. The van der Waals surface area contributed by atoms with E-state index in [1.54, 1.807) is 0 Å². The van der Waals surface area contributed by atoms with Gasteiger partial charge in [0.05, 0.1) is 0 Å². The van der Waals surface area contributed by atoms with Crippen LogP contribution in [0.2, 0.25) is 0 Å². The van der Waals surface area contributed by atoms with Crippen LogP contribution in [-0.2, 0) is 28.8 Å². The van der Waals surface area contributed by atoms with E-state index in [1.165, 1.54) is 25.7 Å². The zero-order valence-corrected chi connectivity index (χ0v) is 14.9. The van der Waals surface area contributed by atoms with Crippen molar-refractivity contribution in [2.75, 3.05) is 0 Å². The Balaban J connectivity index is 1.97. The van der Waals surface area contributed by atoms with Crippen LogP contribution in [-0.4, -0.2) is 25.0 Å². The van der Waals surface area contributed by atoms with Gasteiger partial charge in [0.25, 0.3) is 0 Å². The molecule has 1 saturated heterocycles. The zero-order chi connectivity index (χ0) is 17.5. The number of rotatable bonds is 15. The van der Waals surface area contributed by atoms with Crippen molar-refractivity contribution < 1.29 is 28.8 Å². The minimum atomic E-state index is -1.04. The van der Waals surface area contributed by atoms with Crippen LogP contribution in [0.25, 0.3) is 0 Å². The van der Waals surface area contributed by atoms with Crippen LogP contribution in [0.4, 0.5) is 0 Å². The van der Waals surface area contributed by atoms with Gasteiger partial charge in [0.2, 0.25) is 0 Å². The van der Waals surface area contributed by atoms with Gasteiger partial charge in [-0.2, -0.15) is 9.78 Å². The molecule has 1 heterocycles. The van der Waals surface area contributed by atoms with Gasteiger partial charge in [-0.1, -0.05) is 51.9 Å². The fraction of sp³-hybridized carbons (Fsp3) is 0.889. The number of aldehydes is 1. The van der Waals surface area contributed by atoms with E-state index in [1.807, 2.05) is 0 Å². The van der Waals surface area contributed by atoms with E-state index in [0.717, 1.165) is 51.2 Å². The van der Waals surface area contributed by atoms with Gasteiger partial charge in [0.1, 0.15) is 6.29 Å². The van der Waals surface area contributed by atoms with Gasteiger partial charge in [-0.05, 0) is 19.3 Å². The van der Waals surface area contributed by atoms with Gasteiger partial charge in [0.15, 0.2) is 6.29 Å². The summed E-state index contributed by atoms with van der Waals surface area (Å²) in [6, 6.07) is 0. The first kappa shape index (κ1) is 21.1. The van der Waals surface area contributed by atoms with E-state index >= 15 is 0 Å². The fourth-order valence-electron chi connectivity index (χ4n) is 2.55. The second-order valence-electron chi connectivity index (χ2n) is 6.21. The molecule has 2 atom stereocenters. The molecule has 1 aliphatic rings. The molecule has 0 aromatic rings. The lowest BCUT2D eigenvalue weighted by Gasteiger charge is -2.09. The normalized spacial score (nSPS) is 20.2. The molecule has 6 heteroatoms. The number of hydrogen-bond donors (Lipinski definition) is 0. The summed E-state index contributed by atoms with van der Waals surface area (Å²) in [5.41, 5.74) is 0. The standard InChI is InChI=1S/C18H32O6/c1-2-3-4-5-8-11-14-17-22-18(24-23-17)21-16(20)13-10-7-6-9-12-15-19/h15,17-18H,2-14H2,1H3. The van der Waals surface area contributed by atoms with E-state index in [0.29, 0.717) is 12.8 Å². The third kappa shape index (κ3) is 10.7. The van der Waals surface area contributed by atoms with E-state index in [9.17, 15) is 9.59 Å². The highest BCUT2D eigenvalue weighted by Crippen LogP contribution is 2.20. The molecule has 0 aromatic carbocycles. The predicted octanol–water partition coefficient (Wildman–Crippen LogP) is 4.41. The lowest BCUT2D eigenvalue weighted by atomic mass is 10.1. The third-order valence-electron chi connectivity index (χ3n) is 3.98. The molecule has 0 amide bonds. The Morgan fingerprint density at radius 2 is 1.67 bits per heavy atom. The van der Waals surface area contributed by atoms with Gasteiger partial charge < -0.3 is 9.53 Å². The Bertz CT molecular complexity index is 333. The topological polar surface area (TPSA) is 71.1 Å². The van der Waals surface area contributed by atoms with Gasteiger partial charge in [0, 0.05) is 19.3 Å². The van der Waals surface area contributed by atoms with Crippen molar-refractivity contribution >= 4 is 12.3 Å². The summed E-state index contributed by atoms with van der Waals surface area (Å²) in [5, 5.41) is 0. The summed E-state index contributed by atoms with van der Waals surface area (Å²) in [6.45, 7) is 1.16. The van der Waals surface area contributed by atoms with Crippen LogP contribution in [0.5, 0.6) is 0 Å². The first-order chi connectivity index (χ1) is 11.8. The Morgan fingerprint density at radius 1 is 0.958 bits per heavy atom. The van der Waals surface area contributed by atoms with Crippen LogP contribution in [0.3, 0.4) is 0 Å². The summed E-state index contributed by atoms with van der Waals surface area (Å²) in [6.07, 6.45) is 12.8. The molecule has 0 aliphatic carbocycles. The van der Waals surface area contributed by atoms with Gasteiger partial charge in [-0.25, -0.2) is 0 Å². The molecular formula is C18H32O6. The lowest BCUT2D eigenvalue weighted by molar-refractivity contribution is -0.341. The Labute approximate surface area is 145 Å². The fourth-order valence-corrected chi connectivity index (χ4v) is 2.55. The first-order valence-corrected chi connectivity index (χ1v) is 9.37. The van der Waals surface area contributed by atoms with E-state index in [4.69, 9.17) is 19.2 Å². The molecule has 0 spiro atoms. The molecule has 0 aromatic heterocycles. The highest BCUT2D eigenvalue weighted by atomic mass is 17.3. The highest BCUT2D eigenvalue weighted by Gasteiger charge is 2.30. The molecule has 2 unspecified atom stereocenters. The minimum absolute atomic E-state index is 0.326. The van der Waals surface area contributed by atoms with Crippen molar-refractivity contribution in [3.63, 3.8) is 0 Å². The minimum Gasteiger partial charge on any atom is -0.408 e. The maximum atomic E-state index is 11.7. The second kappa shape index (κ2) is 14.4. The van der Waals surface area contributed by atoms with Crippen molar-refractivity contribution in [3.8, 4) is 0 Å². The Morgan fingerprint density at radius 3 is 2.46 bits per heavy atom. The molecule has 1 fully saturated rings. The summed E-state index contributed by atoms with van der Waals surface area (Å²) in [7, 11) is 0. The predicted molar refractivity (Wildman–Crippen MR) is 88.7 cm³/mol. The van der Waals surface area contributed by atoms with Crippen LogP contribution in [0, 0.1) is 0 Å². The zero-order valence-electron chi connectivity index (χ0n) is 14.9. The maximum absolute atomic E-state index is 11.7. The number of carbonyl (C=O) groups is 2. The molecule has 1 aliphatic heterocycles. The number of unbranched alkanes of at least 4 members (excludes halogenated alkanes) is 9. The Hall–Kier alpha value is -0.980. The molecule has 6 nitrogen and oxygen atoms in total. The average Bonchev–Trinajstić information content (AvgIpc) is 3.01. The van der Waals surface area contributed by atoms with Crippen molar-refractivity contribution in [1.82, 2.24) is 0 Å². The van der Waals surface area contributed by atoms with Crippen LogP contribution >= 0.6 is 0 Å². The molecule has 0 bridgehead atoms. The third-order valence-corrected chi connectivity index (χ3v) is 3.98. The number of esters is 1. The summed E-state index contributed by atoms with van der Waals surface area (Å²) in [4.78, 5) is 31.8. The van der Waals surface area contributed by atoms with Crippen LogP contribution in [0.1, 0.15) is 90.4 Å². The van der Waals surface area contributed by atoms with Crippen molar-refractivity contribution in [1.29, 1.82) is 0 Å². The van der Waals surface area contributed by atoms with Crippen molar-refractivity contribution in [2.24, 2.45) is 0 Å². The van der Waals surface area contributed by atoms with Gasteiger partial charge in [-0.15, -0.1) is 0 Å². The monoisotopic (exact) mass is 344 g/mol. The molecule has 0 saturated carbocycles. The smallest absolute Gasteiger partial charge is 0.348 e. The quantitative estimate of drug-likeness (QED) is 0.190. The molecule has 0 radical (unpaired) electrons. The maximum Gasteiger partial charge on any atom is 0.348 e. The second-order valence-corrected chi connectivity index (χ2v) is 6.21. The van der Waals surface area contributed by atoms with E-state index < -0.39 is 12.8 Å². The number of ether oxygens (including phenoxy) is 2. The van der Waals surface area contributed by atoms with Crippen LogP contribution < -0.4 is 0 Å². The first-order valence-electron chi connectivity index (χ1n) is 9.37. The van der Waals surface area contributed by atoms with Gasteiger partial charge >= 0.3 is 12.4 Å². The Kier molecular flexibility index (Phi) is 12.6. The van der Waals surface area contributed by atoms with Crippen LogP contribution in [0.15, 0.2) is 0 Å². The average molecular weight is 344 g/mol. The SMILES string of the molecule is CCCCCCCCC1OOC(OC(=O)CCCCCCC=O)O1. The van der Waals surface area contributed by atoms with E-state index in [2.05, 4.69) is 6.92 Å². The summed E-state index contributed by atoms with van der Waals surface area (Å²) in [5.74, 6) is -0.348. The summed E-state index contributed by atoms with van der Waals surface area (Å²) >= 11 is 0. The number of hydrogen-bond acceptors (Lipinski definition) is 6. The summed E-state index contributed by atoms with van der Waals surface area (Å²) < 4.78 is 10.5. The van der Waals surface area contributed by atoms with E-state index in [-0.39, 0.29) is 5.97 Å². The number of carbonyl (C=O) groups excluding carboxylic acids is 2. The van der Waals surface area contributed by atoms with Crippen molar-refractivity contribution in [3.05, 3.63) is 0 Å². The molecule has 0 N–H and O–H groups in total. The lowest BCUT2D eigenvalue weighted by Crippen LogP contribution is -2.19. The van der Waals surface area contributed by atoms with Gasteiger partial charge in [-0.3, -0.25) is 9.53 Å². The molecule has 140 valence electrons. The molecule has 24 heavy (non-hydrogen) atoms. The van der Waals surface area contributed by atoms with Crippen molar-refractivity contribution in [2.45, 2.75) is 103 Å². The molecule has 1 rings (SSSR count). The highest BCUT2D eigenvalue weighted by molar-refractivity contribution is 5.69. The molecular weight excluding hydrogens is 312 g/mol.